The van der Waals surface area contributed by atoms with Crippen molar-refractivity contribution in [1.29, 1.82) is 0 Å². The van der Waals surface area contributed by atoms with Crippen LogP contribution in [0.3, 0.4) is 0 Å². The van der Waals surface area contributed by atoms with E-state index in [0.29, 0.717) is 30.6 Å². The molecule has 3 aromatic rings. The minimum Gasteiger partial charge on any atom is -0.353 e. The molecule has 0 saturated carbocycles. The standard InChI is InChI=1S/C26H29FN4O2/c1-18(2)28-25(33)26(13-15-31(17-26)24(32)23-12-14-30(3)29-23)16-19-8-4-5-9-20(19)21-10-6-7-11-22(21)27/h4-12,14,18H,13,15-17H2,1-3H3,(H,28,33)/t26-/m0/s1. The third-order valence-corrected chi connectivity index (χ3v) is 6.19. The first-order valence-corrected chi connectivity index (χ1v) is 11.2. The van der Waals surface area contributed by atoms with E-state index in [4.69, 9.17) is 0 Å². The summed E-state index contributed by atoms with van der Waals surface area (Å²) >= 11 is 0. The van der Waals surface area contributed by atoms with Crippen molar-refractivity contribution in [3.8, 4) is 11.1 Å². The topological polar surface area (TPSA) is 67.2 Å². The number of carbonyl (C=O) groups is 2. The fourth-order valence-corrected chi connectivity index (χ4v) is 4.54. The molecule has 1 fully saturated rings. The first-order valence-electron chi connectivity index (χ1n) is 11.2. The first-order chi connectivity index (χ1) is 15.8. The number of aryl methyl sites for hydroxylation is 1. The Morgan fingerprint density at radius 1 is 1.09 bits per heavy atom. The number of amides is 2. The smallest absolute Gasteiger partial charge is 0.274 e. The monoisotopic (exact) mass is 448 g/mol. The lowest BCUT2D eigenvalue weighted by atomic mass is 9.78. The average molecular weight is 449 g/mol. The van der Waals surface area contributed by atoms with Gasteiger partial charge in [-0.25, -0.2) is 4.39 Å². The highest BCUT2D eigenvalue weighted by Gasteiger charge is 2.46. The zero-order valence-electron chi connectivity index (χ0n) is 19.2. The van der Waals surface area contributed by atoms with Gasteiger partial charge in [0.2, 0.25) is 5.91 Å². The molecule has 7 heteroatoms. The van der Waals surface area contributed by atoms with Crippen LogP contribution in [0.4, 0.5) is 4.39 Å². The van der Waals surface area contributed by atoms with E-state index >= 15 is 0 Å². The van der Waals surface area contributed by atoms with Gasteiger partial charge in [0.1, 0.15) is 11.5 Å². The average Bonchev–Trinajstić information content (AvgIpc) is 3.41. The third-order valence-electron chi connectivity index (χ3n) is 6.19. The number of nitrogens with one attached hydrogen (secondary N) is 1. The Morgan fingerprint density at radius 2 is 1.79 bits per heavy atom. The summed E-state index contributed by atoms with van der Waals surface area (Å²) in [6.45, 7) is 4.59. The summed E-state index contributed by atoms with van der Waals surface area (Å²) in [4.78, 5) is 28.2. The van der Waals surface area contributed by atoms with E-state index in [1.54, 1.807) is 47.1 Å². The molecule has 33 heavy (non-hydrogen) atoms. The summed E-state index contributed by atoms with van der Waals surface area (Å²) in [5.41, 5.74) is 1.71. The van der Waals surface area contributed by atoms with Crippen LogP contribution in [0.1, 0.15) is 36.3 Å². The van der Waals surface area contributed by atoms with E-state index in [9.17, 15) is 14.0 Å². The van der Waals surface area contributed by atoms with E-state index in [0.717, 1.165) is 11.1 Å². The second kappa shape index (κ2) is 9.17. The van der Waals surface area contributed by atoms with Crippen molar-refractivity contribution in [2.45, 2.75) is 32.7 Å². The van der Waals surface area contributed by atoms with Gasteiger partial charge in [0.05, 0.1) is 5.41 Å². The van der Waals surface area contributed by atoms with E-state index < -0.39 is 5.41 Å². The normalized spacial score (nSPS) is 18.0. The summed E-state index contributed by atoms with van der Waals surface area (Å²) < 4.78 is 16.2. The molecule has 2 amide bonds. The fraction of sp³-hybridized carbons (Fsp3) is 0.346. The maximum Gasteiger partial charge on any atom is 0.274 e. The molecule has 1 saturated heterocycles. The molecule has 0 unspecified atom stereocenters. The van der Waals surface area contributed by atoms with Crippen LogP contribution in [0.2, 0.25) is 0 Å². The summed E-state index contributed by atoms with van der Waals surface area (Å²) in [6, 6.07) is 15.9. The van der Waals surface area contributed by atoms with Crippen LogP contribution in [-0.2, 0) is 18.3 Å². The van der Waals surface area contributed by atoms with Crippen molar-refractivity contribution in [3.63, 3.8) is 0 Å². The summed E-state index contributed by atoms with van der Waals surface area (Å²) in [6.07, 6.45) is 2.66. The molecule has 1 N–H and O–H groups in total. The lowest BCUT2D eigenvalue weighted by molar-refractivity contribution is -0.130. The Labute approximate surface area is 193 Å². The zero-order valence-corrected chi connectivity index (χ0v) is 19.2. The highest BCUT2D eigenvalue weighted by atomic mass is 19.1. The fourth-order valence-electron chi connectivity index (χ4n) is 4.54. The molecule has 1 aliphatic rings. The molecule has 1 aliphatic heterocycles. The number of carbonyl (C=O) groups excluding carboxylic acids is 2. The lowest BCUT2D eigenvalue weighted by Gasteiger charge is -2.30. The second-order valence-electron chi connectivity index (χ2n) is 9.07. The molecular formula is C26H29FN4O2. The van der Waals surface area contributed by atoms with E-state index in [-0.39, 0.29) is 30.2 Å². The van der Waals surface area contributed by atoms with Crippen LogP contribution in [0.25, 0.3) is 11.1 Å². The summed E-state index contributed by atoms with van der Waals surface area (Å²) in [5.74, 6) is -0.571. The van der Waals surface area contributed by atoms with Crippen LogP contribution in [0.5, 0.6) is 0 Å². The Hall–Kier alpha value is -3.48. The van der Waals surface area contributed by atoms with Gasteiger partial charge in [-0.1, -0.05) is 42.5 Å². The van der Waals surface area contributed by atoms with Gasteiger partial charge in [-0.3, -0.25) is 14.3 Å². The molecule has 1 aromatic heterocycles. The van der Waals surface area contributed by atoms with Crippen molar-refractivity contribution in [1.82, 2.24) is 20.0 Å². The van der Waals surface area contributed by atoms with Crippen LogP contribution in [0.15, 0.2) is 60.8 Å². The molecule has 172 valence electrons. The van der Waals surface area contributed by atoms with Crippen molar-refractivity contribution in [2.24, 2.45) is 12.5 Å². The van der Waals surface area contributed by atoms with Gasteiger partial charge in [0, 0.05) is 37.9 Å². The van der Waals surface area contributed by atoms with Crippen molar-refractivity contribution in [2.75, 3.05) is 13.1 Å². The van der Waals surface area contributed by atoms with Gasteiger partial charge in [-0.2, -0.15) is 5.10 Å². The Bertz CT molecular complexity index is 1170. The molecule has 0 bridgehead atoms. The Balaban J connectivity index is 1.68. The maximum atomic E-state index is 14.6. The number of nitrogens with zero attached hydrogens (tertiary/aromatic N) is 3. The van der Waals surface area contributed by atoms with Gasteiger partial charge in [0.15, 0.2) is 0 Å². The third kappa shape index (κ3) is 4.67. The quantitative estimate of drug-likeness (QED) is 0.623. The second-order valence-corrected chi connectivity index (χ2v) is 9.07. The van der Waals surface area contributed by atoms with Crippen molar-refractivity contribution < 1.29 is 14.0 Å². The molecule has 2 heterocycles. The summed E-state index contributed by atoms with van der Waals surface area (Å²) in [7, 11) is 1.76. The number of hydrogen-bond donors (Lipinski definition) is 1. The molecular weight excluding hydrogens is 419 g/mol. The number of hydrogen-bond acceptors (Lipinski definition) is 3. The molecule has 6 nitrogen and oxygen atoms in total. The molecule has 0 spiro atoms. The minimum atomic E-state index is -0.809. The molecule has 4 rings (SSSR count). The van der Waals surface area contributed by atoms with Gasteiger partial charge in [0.25, 0.3) is 5.91 Å². The van der Waals surface area contributed by atoms with Crippen molar-refractivity contribution >= 4 is 11.8 Å². The number of aromatic nitrogens is 2. The SMILES string of the molecule is CC(C)NC(=O)[C@]1(Cc2ccccc2-c2ccccc2F)CCN(C(=O)c2ccn(C)n2)C1. The predicted octanol–water partition coefficient (Wildman–Crippen LogP) is 3.83. The number of likely N-dealkylation sites (tertiary alicyclic amines) is 1. The predicted molar refractivity (Wildman–Crippen MR) is 125 cm³/mol. The number of benzene rings is 2. The highest BCUT2D eigenvalue weighted by Crippen LogP contribution is 2.38. The molecule has 0 aliphatic carbocycles. The molecule has 1 atom stereocenters. The van der Waals surface area contributed by atoms with Crippen LogP contribution < -0.4 is 5.32 Å². The van der Waals surface area contributed by atoms with Gasteiger partial charge < -0.3 is 10.2 Å². The van der Waals surface area contributed by atoms with E-state index in [1.807, 2.05) is 38.1 Å². The largest absolute Gasteiger partial charge is 0.353 e. The number of rotatable bonds is 6. The number of halogens is 1. The van der Waals surface area contributed by atoms with Crippen LogP contribution in [0, 0.1) is 11.2 Å². The van der Waals surface area contributed by atoms with E-state index in [1.165, 1.54) is 6.07 Å². The van der Waals surface area contributed by atoms with Crippen LogP contribution >= 0.6 is 0 Å². The summed E-state index contributed by atoms with van der Waals surface area (Å²) in [5, 5.41) is 7.28. The van der Waals surface area contributed by atoms with Crippen LogP contribution in [-0.4, -0.2) is 45.6 Å². The highest BCUT2D eigenvalue weighted by molar-refractivity contribution is 5.94. The molecule has 0 radical (unpaired) electrons. The van der Waals surface area contributed by atoms with Gasteiger partial charge in [-0.15, -0.1) is 0 Å². The van der Waals surface area contributed by atoms with E-state index in [2.05, 4.69) is 10.4 Å². The maximum absolute atomic E-state index is 14.6. The lowest BCUT2D eigenvalue weighted by Crippen LogP contribution is -2.47. The van der Waals surface area contributed by atoms with Crippen molar-refractivity contribution in [3.05, 3.63) is 77.9 Å². The van der Waals surface area contributed by atoms with Gasteiger partial charge in [-0.05, 0) is 49.9 Å². The Morgan fingerprint density at radius 3 is 2.45 bits per heavy atom. The Kier molecular flexibility index (Phi) is 6.31. The molecule has 2 aromatic carbocycles. The minimum absolute atomic E-state index is 0.0308. The first kappa shape index (κ1) is 22.7. The zero-order chi connectivity index (χ0) is 23.6. The van der Waals surface area contributed by atoms with Gasteiger partial charge >= 0.3 is 0 Å².